The van der Waals surface area contributed by atoms with Gasteiger partial charge in [-0.05, 0) is 26.2 Å². The molecule has 1 rings (SSSR count). The van der Waals surface area contributed by atoms with Crippen LogP contribution in [0.5, 0.6) is 0 Å². The van der Waals surface area contributed by atoms with E-state index in [2.05, 4.69) is 5.32 Å². The summed E-state index contributed by atoms with van der Waals surface area (Å²) in [7, 11) is 0. The van der Waals surface area contributed by atoms with E-state index in [1.54, 1.807) is 6.92 Å². The molecule has 0 aliphatic carbocycles. The van der Waals surface area contributed by atoms with Gasteiger partial charge in [-0.3, -0.25) is 14.4 Å². The molecule has 0 unspecified atom stereocenters. The molecular weight excluding hydrogens is 272 g/mol. The van der Waals surface area contributed by atoms with Gasteiger partial charge in [0.25, 0.3) is 0 Å². The number of carbonyl (C=O) groups excluding carboxylic acids is 3. The van der Waals surface area contributed by atoms with E-state index < -0.39 is 5.97 Å². The van der Waals surface area contributed by atoms with Crippen LogP contribution in [0.1, 0.15) is 46.5 Å². The number of amides is 2. The lowest BCUT2D eigenvalue weighted by Crippen LogP contribution is -2.48. The lowest BCUT2D eigenvalue weighted by atomic mass is 9.89. The predicted octanol–water partition coefficient (Wildman–Crippen LogP) is 1.09. The summed E-state index contributed by atoms with van der Waals surface area (Å²) in [4.78, 5) is 37.4. The van der Waals surface area contributed by atoms with E-state index in [4.69, 9.17) is 4.74 Å². The van der Waals surface area contributed by atoms with Crippen molar-refractivity contribution in [3.8, 4) is 0 Å². The Morgan fingerprint density at radius 2 is 2.05 bits per heavy atom. The zero-order chi connectivity index (χ0) is 15.8. The first-order valence-corrected chi connectivity index (χ1v) is 7.75. The zero-order valence-electron chi connectivity index (χ0n) is 13.2. The van der Waals surface area contributed by atoms with Crippen molar-refractivity contribution in [2.24, 2.45) is 5.92 Å². The number of piperidine rings is 1. The van der Waals surface area contributed by atoms with Crippen molar-refractivity contribution in [1.29, 1.82) is 0 Å². The maximum absolute atomic E-state index is 12.6. The van der Waals surface area contributed by atoms with Gasteiger partial charge in [-0.1, -0.05) is 13.8 Å². The summed E-state index contributed by atoms with van der Waals surface area (Å²) in [5.74, 6) is -0.923. The number of ether oxygens (including phenoxy) is 1. The van der Waals surface area contributed by atoms with Crippen molar-refractivity contribution in [2.75, 3.05) is 19.7 Å². The molecule has 21 heavy (non-hydrogen) atoms. The molecule has 1 saturated heterocycles. The molecule has 1 heterocycles. The van der Waals surface area contributed by atoms with Crippen LogP contribution in [0.2, 0.25) is 0 Å². The van der Waals surface area contributed by atoms with Crippen LogP contribution in [-0.2, 0) is 19.1 Å². The third-order valence-corrected chi connectivity index (χ3v) is 3.64. The molecule has 120 valence electrons. The van der Waals surface area contributed by atoms with Gasteiger partial charge in [0.05, 0.1) is 6.61 Å². The SMILES string of the molecule is CCCN(CC(=O)OCC)C(=O)[C@@H]1CC(=O)N[C@@H](CC)C1. The fraction of sp³-hybridized carbons (Fsp3) is 0.800. The summed E-state index contributed by atoms with van der Waals surface area (Å²) in [6.07, 6.45) is 2.42. The summed E-state index contributed by atoms with van der Waals surface area (Å²) in [5.41, 5.74) is 0. The van der Waals surface area contributed by atoms with Gasteiger partial charge in [-0.15, -0.1) is 0 Å². The maximum Gasteiger partial charge on any atom is 0.325 e. The molecule has 1 aliphatic rings. The lowest BCUT2D eigenvalue weighted by Gasteiger charge is -2.32. The summed E-state index contributed by atoms with van der Waals surface area (Å²) >= 11 is 0. The standard InChI is InChI=1S/C15H26N2O4/c1-4-7-17(10-14(19)21-6-3)15(20)11-8-12(5-2)16-13(18)9-11/h11-12H,4-10H2,1-3H3,(H,16,18)/t11-,12-/m0/s1. The molecule has 1 N–H and O–H groups in total. The van der Waals surface area contributed by atoms with Crippen molar-refractivity contribution >= 4 is 17.8 Å². The number of hydrogen-bond acceptors (Lipinski definition) is 4. The zero-order valence-corrected chi connectivity index (χ0v) is 13.2. The molecule has 6 heteroatoms. The van der Waals surface area contributed by atoms with Crippen LogP contribution < -0.4 is 5.32 Å². The largest absolute Gasteiger partial charge is 0.465 e. The quantitative estimate of drug-likeness (QED) is 0.714. The number of hydrogen-bond donors (Lipinski definition) is 1. The van der Waals surface area contributed by atoms with E-state index in [0.29, 0.717) is 19.6 Å². The molecular formula is C15H26N2O4. The van der Waals surface area contributed by atoms with Gasteiger partial charge in [-0.2, -0.15) is 0 Å². The lowest BCUT2D eigenvalue weighted by molar-refractivity contribution is -0.151. The summed E-state index contributed by atoms with van der Waals surface area (Å²) in [6.45, 7) is 6.45. The van der Waals surface area contributed by atoms with Gasteiger partial charge < -0.3 is 15.0 Å². The van der Waals surface area contributed by atoms with Crippen LogP contribution in [0.15, 0.2) is 0 Å². The van der Waals surface area contributed by atoms with Crippen LogP contribution in [0.3, 0.4) is 0 Å². The third kappa shape index (κ3) is 5.36. The van der Waals surface area contributed by atoms with E-state index in [1.165, 1.54) is 4.90 Å². The Balaban J connectivity index is 2.70. The van der Waals surface area contributed by atoms with E-state index in [0.717, 1.165) is 12.8 Å². The third-order valence-electron chi connectivity index (χ3n) is 3.64. The minimum absolute atomic E-state index is 0.0323. The van der Waals surface area contributed by atoms with Crippen LogP contribution in [0, 0.1) is 5.92 Å². The van der Waals surface area contributed by atoms with Gasteiger partial charge in [0.15, 0.2) is 0 Å². The van der Waals surface area contributed by atoms with Crippen molar-refractivity contribution in [3.05, 3.63) is 0 Å². The highest BCUT2D eigenvalue weighted by Crippen LogP contribution is 2.21. The van der Waals surface area contributed by atoms with E-state index in [9.17, 15) is 14.4 Å². The summed E-state index contributed by atoms with van der Waals surface area (Å²) < 4.78 is 4.91. The smallest absolute Gasteiger partial charge is 0.325 e. The molecule has 0 bridgehead atoms. The average Bonchev–Trinajstić information content (AvgIpc) is 2.45. The number of nitrogens with zero attached hydrogens (tertiary/aromatic N) is 1. The van der Waals surface area contributed by atoms with Crippen LogP contribution in [-0.4, -0.2) is 48.4 Å². The van der Waals surface area contributed by atoms with E-state index in [1.807, 2.05) is 13.8 Å². The second kappa shape index (κ2) is 8.64. The molecule has 0 aromatic heterocycles. The number of esters is 1. The van der Waals surface area contributed by atoms with Crippen molar-refractivity contribution in [1.82, 2.24) is 10.2 Å². The number of nitrogens with one attached hydrogen (secondary N) is 1. The van der Waals surface area contributed by atoms with E-state index >= 15 is 0 Å². The number of carbonyl (C=O) groups is 3. The average molecular weight is 298 g/mol. The summed E-state index contributed by atoms with van der Waals surface area (Å²) in [5, 5.41) is 2.88. The molecule has 0 aromatic rings. The van der Waals surface area contributed by atoms with Crippen molar-refractivity contribution < 1.29 is 19.1 Å². The molecule has 2 amide bonds. The van der Waals surface area contributed by atoms with Crippen LogP contribution >= 0.6 is 0 Å². The first kappa shape index (κ1) is 17.5. The molecule has 6 nitrogen and oxygen atoms in total. The van der Waals surface area contributed by atoms with Gasteiger partial charge in [-0.25, -0.2) is 0 Å². The Bertz CT molecular complexity index is 384. The monoisotopic (exact) mass is 298 g/mol. The minimum atomic E-state index is -0.397. The molecule has 0 radical (unpaired) electrons. The van der Waals surface area contributed by atoms with Gasteiger partial charge in [0, 0.05) is 24.9 Å². The highest BCUT2D eigenvalue weighted by atomic mass is 16.5. The highest BCUT2D eigenvalue weighted by molar-refractivity contribution is 5.89. The normalized spacial score (nSPS) is 21.6. The van der Waals surface area contributed by atoms with E-state index in [-0.39, 0.29) is 36.7 Å². The van der Waals surface area contributed by atoms with Gasteiger partial charge in [0.1, 0.15) is 6.54 Å². The summed E-state index contributed by atoms with van der Waals surface area (Å²) in [6, 6.07) is 0.0475. The molecule has 1 fully saturated rings. The maximum atomic E-state index is 12.6. The highest BCUT2D eigenvalue weighted by Gasteiger charge is 2.33. The predicted molar refractivity (Wildman–Crippen MR) is 78.4 cm³/mol. The molecule has 0 aromatic carbocycles. The molecule has 0 spiro atoms. The Morgan fingerprint density at radius 1 is 1.33 bits per heavy atom. The minimum Gasteiger partial charge on any atom is -0.465 e. The Hall–Kier alpha value is -1.59. The Labute approximate surface area is 126 Å². The molecule has 1 aliphatic heterocycles. The van der Waals surface area contributed by atoms with Gasteiger partial charge in [0.2, 0.25) is 11.8 Å². The van der Waals surface area contributed by atoms with Crippen molar-refractivity contribution in [2.45, 2.75) is 52.5 Å². The first-order valence-electron chi connectivity index (χ1n) is 7.75. The van der Waals surface area contributed by atoms with Crippen molar-refractivity contribution in [3.63, 3.8) is 0 Å². The molecule has 2 atom stereocenters. The second-order valence-electron chi connectivity index (χ2n) is 5.37. The van der Waals surface area contributed by atoms with Crippen LogP contribution in [0.4, 0.5) is 0 Å². The number of rotatable bonds is 7. The fourth-order valence-electron chi connectivity index (χ4n) is 2.61. The second-order valence-corrected chi connectivity index (χ2v) is 5.37. The van der Waals surface area contributed by atoms with Crippen LogP contribution in [0.25, 0.3) is 0 Å². The first-order chi connectivity index (χ1) is 10.0. The topological polar surface area (TPSA) is 75.7 Å². The fourth-order valence-corrected chi connectivity index (χ4v) is 2.61. The van der Waals surface area contributed by atoms with Gasteiger partial charge >= 0.3 is 5.97 Å². The Kier molecular flexibility index (Phi) is 7.19. The Morgan fingerprint density at radius 3 is 2.62 bits per heavy atom. The molecule has 0 saturated carbocycles.